The molecule has 1 saturated carbocycles. The van der Waals surface area contributed by atoms with E-state index >= 15 is 0 Å². The molecule has 0 aromatic heterocycles. The molecule has 0 radical (unpaired) electrons. The Morgan fingerprint density at radius 3 is 1.25 bits per heavy atom. The highest BCUT2D eigenvalue weighted by Gasteiger charge is 2.73. The Hall–Kier alpha value is -2.62. The third-order valence-electron chi connectivity index (χ3n) is 6.00. The summed E-state index contributed by atoms with van der Waals surface area (Å²) in [5, 5.41) is 0. The minimum Gasteiger partial charge on any atom is -0.369 e. The Kier molecular flexibility index (Phi) is 3.71. The van der Waals surface area contributed by atoms with Crippen LogP contribution in [0.2, 0.25) is 0 Å². The molecule has 0 spiro atoms. The maximum Gasteiger partial charge on any atom is 0.225 e. The predicted molar refractivity (Wildman–Crippen MR) is 93.0 cm³/mol. The molecule has 0 saturated heterocycles. The third kappa shape index (κ3) is 1.92. The van der Waals surface area contributed by atoms with Crippen molar-refractivity contribution in [1.82, 2.24) is 0 Å². The molecule has 124 valence electrons. The van der Waals surface area contributed by atoms with Gasteiger partial charge in [0.05, 0.1) is 10.8 Å². The molecule has 0 bridgehead atoms. The van der Waals surface area contributed by atoms with Gasteiger partial charge in [0.25, 0.3) is 0 Å². The summed E-state index contributed by atoms with van der Waals surface area (Å²) >= 11 is 0. The number of benzene rings is 2. The van der Waals surface area contributed by atoms with E-state index in [1.54, 1.807) is 13.8 Å². The van der Waals surface area contributed by atoms with Crippen LogP contribution < -0.4 is 11.5 Å². The van der Waals surface area contributed by atoms with Crippen LogP contribution in [0.25, 0.3) is 0 Å². The first-order valence-corrected chi connectivity index (χ1v) is 8.04. The second kappa shape index (κ2) is 5.48. The SMILES string of the molecule is C[C@@]1(C(N)=O)[C@H](c2ccccc2)[C@@H](c2ccccc2)[C@@]1(C)C(N)=O. The van der Waals surface area contributed by atoms with E-state index in [2.05, 4.69) is 0 Å². The van der Waals surface area contributed by atoms with Gasteiger partial charge in [0.1, 0.15) is 0 Å². The molecule has 1 aliphatic carbocycles. The minimum absolute atomic E-state index is 0.198. The first-order valence-electron chi connectivity index (χ1n) is 8.04. The molecule has 4 heteroatoms. The highest BCUT2D eigenvalue weighted by molar-refractivity contribution is 5.96. The zero-order chi connectivity index (χ0) is 17.5. The van der Waals surface area contributed by atoms with E-state index < -0.39 is 22.6 Å². The molecule has 4 nitrogen and oxygen atoms in total. The average Bonchev–Trinajstić information content (AvgIpc) is 2.59. The van der Waals surface area contributed by atoms with Crippen LogP contribution in [0.15, 0.2) is 60.7 Å². The molecule has 0 heterocycles. The van der Waals surface area contributed by atoms with Gasteiger partial charge in [-0.25, -0.2) is 0 Å². The lowest BCUT2D eigenvalue weighted by Crippen LogP contribution is -2.69. The van der Waals surface area contributed by atoms with E-state index in [0.717, 1.165) is 11.1 Å². The second-order valence-corrected chi connectivity index (χ2v) is 6.91. The number of carbonyl (C=O) groups is 2. The summed E-state index contributed by atoms with van der Waals surface area (Å²) in [4.78, 5) is 24.8. The molecule has 2 aromatic rings. The van der Waals surface area contributed by atoms with Gasteiger partial charge < -0.3 is 11.5 Å². The zero-order valence-electron chi connectivity index (χ0n) is 13.9. The van der Waals surface area contributed by atoms with Crippen molar-refractivity contribution in [2.75, 3.05) is 0 Å². The Balaban J connectivity index is 2.23. The number of hydrogen-bond acceptors (Lipinski definition) is 2. The van der Waals surface area contributed by atoms with Crippen LogP contribution in [-0.4, -0.2) is 11.8 Å². The van der Waals surface area contributed by atoms with E-state index in [9.17, 15) is 9.59 Å². The number of hydrogen-bond donors (Lipinski definition) is 2. The maximum atomic E-state index is 12.4. The number of carbonyl (C=O) groups excluding carboxylic acids is 2. The van der Waals surface area contributed by atoms with Crippen LogP contribution in [0, 0.1) is 10.8 Å². The van der Waals surface area contributed by atoms with E-state index in [1.807, 2.05) is 60.7 Å². The molecule has 24 heavy (non-hydrogen) atoms. The summed E-state index contributed by atoms with van der Waals surface area (Å²) < 4.78 is 0. The molecule has 2 aromatic carbocycles. The standard InChI is InChI=1S/C20H22N2O2/c1-19(17(21)23)15(13-9-5-3-6-10-13)16(20(19,2)18(22)24)14-11-7-4-8-12-14/h3-12,15-16H,1-2H3,(H2,21,23)(H2,22,24)/t15-,16-,19+,20+/m1/s1. The Morgan fingerprint density at radius 1 is 0.708 bits per heavy atom. The largest absolute Gasteiger partial charge is 0.369 e. The summed E-state index contributed by atoms with van der Waals surface area (Å²) in [6, 6.07) is 19.5. The van der Waals surface area contributed by atoms with Crippen LogP contribution >= 0.6 is 0 Å². The number of amides is 2. The lowest BCUT2D eigenvalue weighted by molar-refractivity contribution is -0.171. The molecular weight excluding hydrogens is 300 g/mol. The Morgan fingerprint density at radius 2 is 1.00 bits per heavy atom. The van der Waals surface area contributed by atoms with Crippen molar-refractivity contribution < 1.29 is 9.59 Å². The van der Waals surface area contributed by atoms with Gasteiger partial charge >= 0.3 is 0 Å². The van der Waals surface area contributed by atoms with Crippen LogP contribution in [0.1, 0.15) is 36.8 Å². The van der Waals surface area contributed by atoms with E-state index in [4.69, 9.17) is 11.5 Å². The monoisotopic (exact) mass is 322 g/mol. The molecular formula is C20H22N2O2. The van der Waals surface area contributed by atoms with Crippen molar-refractivity contribution in [3.05, 3.63) is 71.8 Å². The predicted octanol–water partition coefficient (Wildman–Crippen LogP) is 2.55. The smallest absolute Gasteiger partial charge is 0.225 e. The van der Waals surface area contributed by atoms with E-state index in [1.165, 1.54) is 0 Å². The number of nitrogens with two attached hydrogens (primary N) is 2. The lowest BCUT2D eigenvalue weighted by Gasteiger charge is -2.64. The number of primary amides is 2. The lowest BCUT2D eigenvalue weighted by atomic mass is 9.36. The maximum absolute atomic E-state index is 12.4. The van der Waals surface area contributed by atoms with Crippen molar-refractivity contribution in [1.29, 1.82) is 0 Å². The second-order valence-electron chi connectivity index (χ2n) is 6.91. The van der Waals surface area contributed by atoms with Gasteiger partial charge in [-0.05, 0) is 25.0 Å². The van der Waals surface area contributed by atoms with Crippen molar-refractivity contribution in [3.8, 4) is 0 Å². The summed E-state index contributed by atoms with van der Waals surface area (Å²) in [7, 11) is 0. The van der Waals surface area contributed by atoms with Crippen LogP contribution in [0.5, 0.6) is 0 Å². The van der Waals surface area contributed by atoms with Crippen molar-refractivity contribution in [3.63, 3.8) is 0 Å². The molecule has 3 rings (SSSR count). The molecule has 0 unspecified atom stereocenters. The fraction of sp³-hybridized carbons (Fsp3) is 0.300. The fourth-order valence-corrected chi connectivity index (χ4v) is 4.41. The van der Waals surface area contributed by atoms with Gasteiger partial charge in [0.15, 0.2) is 0 Å². The highest BCUT2D eigenvalue weighted by Crippen LogP contribution is 2.72. The average molecular weight is 322 g/mol. The topological polar surface area (TPSA) is 86.2 Å². The quantitative estimate of drug-likeness (QED) is 0.906. The highest BCUT2D eigenvalue weighted by atomic mass is 16.2. The van der Waals surface area contributed by atoms with Gasteiger partial charge in [-0.3, -0.25) is 9.59 Å². The summed E-state index contributed by atoms with van der Waals surface area (Å²) in [6.45, 7) is 3.52. The van der Waals surface area contributed by atoms with Gasteiger partial charge in [-0.15, -0.1) is 0 Å². The van der Waals surface area contributed by atoms with E-state index in [0.29, 0.717) is 0 Å². The summed E-state index contributed by atoms with van der Waals surface area (Å²) in [5.41, 5.74) is 11.4. The minimum atomic E-state index is -1.04. The normalized spacial score (nSPS) is 31.9. The van der Waals surface area contributed by atoms with Crippen LogP contribution in [0.3, 0.4) is 0 Å². The van der Waals surface area contributed by atoms with Crippen molar-refractivity contribution >= 4 is 11.8 Å². The van der Waals surface area contributed by atoms with E-state index in [-0.39, 0.29) is 11.8 Å². The fourth-order valence-electron chi connectivity index (χ4n) is 4.41. The molecule has 4 N–H and O–H groups in total. The van der Waals surface area contributed by atoms with Gasteiger partial charge in [-0.1, -0.05) is 60.7 Å². The van der Waals surface area contributed by atoms with Gasteiger partial charge in [-0.2, -0.15) is 0 Å². The third-order valence-corrected chi connectivity index (χ3v) is 6.00. The molecule has 4 atom stereocenters. The molecule has 1 fully saturated rings. The van der Waals surface area contributed by atoms with Crippen molar-refractivity contribution in [2.24, 2.45) is 22.3 Å². The molecule has 2 amide bonds. The van der Waals surface area contributed by atoms with Gasteiger partial charge in [0, 0.05) is 11.8 Å². The summed E-state index contributed by atoms with van der Waals surface area (Å²) in [6.07, 6.45) is 0. The first-order chi connectivity index (χ1) is 11.3. The van der Waals surface area contributed by atoms with Crippen LogP contribution in [0.4, 0.5) is 0 Å². The molecule has 0 aliphatic heterocycles. The first kappa shape index (κ1) is 16.2. The Bertz CT molecular complexity index is 707. The van der Waals surface area contributed by atoms with Crippen LogP contribution in [-0.2, 0) is 9.59 Å². The van der Waals surface area contributed by atoms with Crippen molar-refractivity contribution in [2.45, 2.75) is 25.7 Å². The summed E-state index contributed by atoms with van der Waals surface area (Å²) in [5.74, 6) is -1.39. The van der Waals surface area contributed by atoms with Gasteiger partial charge in [0.2, 0.25) is 11.8 Å². The molecule has 1 aliphatic rings. The number of rotatable bonds is 4. The Labute approximate surface area is 141 Å². The zero-order valence-corrected chi connectivity index (χ0v) is 13.9.